The van der Waals surface area contributed by atoms with Crippen LogP contribution in [-0.2, 0) is 24.8 Å². The van der Waals surface area contributed by atoms with Gasteiger partial charge in [-0.25, -0.2) is 0 Å². The molecule has 0 unspecified atom stereocenters. The predicted octanol–water partition coefficient (Wildman–Crippen LogP) is 1.50. The molecule has 2 aromatic heterocycles. The van der Waals surface area contributed by atoms with Crippen LogP contribution in [0.3, 0.4) is 0 Å². The van der Waals surface area contributed by atoms with Crippen molar-refractivity contribution in [3.8, 4) is 0 Å². The third-order valence-corrected chi connectivity index (χ3v) is 4.21. The first kappa shape index (κ1) is 15.6. The van der Waals surface area contributed by atoms with Crippen LogP contribution in [0.15, 0.2) is 11.4 Å². The van der Waals surface area contributed by atoms with Gasteiger partial charge in [-0.05, 0) is 13.3 Å². The van der Waals surface area contributed by atoms with E-state index in [-0.39, 0.29) is 5.75 Å². The highest BCUT2D eigenvalue weighted by Crippen LogP contribution is 2.20. The lowest BCUT2D eigenvalue weighted by molar-refractivity contribution is -0.133. The molecule has 0 aliphatic carbocycles. The monoisotopic (exact) mass is 309 g/mol. The van der Waals surface area contributed by atoms with E-state index in [1.165, 1.54) is 11.8 Å². The highest BCUT2D eigenvalue weighted by molar-refractivity contribution is 7.99. The highest BCUT2D eigenvalue weighted by Gasteiger charge is 2.15. The fourth-order valence-corrected chi connectivity index (χ4v) is 2.67. The van der Waals surface area contributed by atoms with Crippen LogP contribution in [0.5, 0.6) is 0 Å². The van der Waals surface area contributed by atoms with E-state index in [4.69, 9.17) is 5.11 Å². The van der Waals surface area contributed by atoms with Crippen molar-refractivity contribution in [3.63, 3.8) is 0 Å². The van der Waals surface area contributed by atoms with Gasteiger partial charge in [0.2, 0.25) is 0 Å². The van der Waals surface area contributed by atoms with Gasteiger partial charge in [0.25, 0.3) is 0 Å². The standard InChI is InChI=1S/C13H19N5O2S/c1-4-5-11-15-16-13(21-8-12(19)20)18(11)7-10-6-14-17(3)9(10)2/h6H,4-5,7-8H2,1-3H3,(H,19,20). The van der Waals surface area contributed by atoms with E-state index >= 15 is 0 Å². The summed E-state index contributed by atoms with van der Waals surface area (Å²) in [5.74, 6) is 0.00815. The molecule has 0 aliphatic rings. The van der Waals surface area contributed by atoms with Crippen LogP contribution in [0, 0.1) is 6.92 Å². The van der Waals surface area contributed by atoms with Gasteiger partial charge in [0.15, 0.2) is 5.16 Å². The first-order chi connectivity index (χ1) is 10.0. The van der Waals surface area contributed by atoms with Gasteiger partial charge in [0, 0.05) is 24.7 Å². The topological polar surface area (TPSA) is 85.8 Å². The zero-order chi connectivity index (χ0) is 15.4. The van der Waals surface area contributed by atoms with Gasteiger partial charge < -0.3 is 9.67 Å². The van der Waals surface area contributed by atoms with Gasteiger partial charge >= 0.3 is 5.97 Å². The minimum absolute atomic E-state index is 0.0176. The summed E-state index contributed by atoms with van der Waals surface area (Å²) >= 11 is 1.20. The first-order valence-electron chi connectivity index (χ1n) is 6.77. The fraction of sp³-hybridized carbons (Fsp3) is 0.538. The molecule has 21 heavy (non-hydrogen) atoms. The van der Waals surface area contributed by atoms with Crippen LogP contribution in [0.4, 0.5) is 0 Å². The van der Waals surface area contributed by atoms with Gasteiger partial charge in [-0.1, -0.05) is 18.7 Å². The Morgan fingerprint density at radius 3 is 2.76 bits per heavy atom. The number of hydrogen-bond acceptors (Lipinski definition) is 5. The fourth-order valence-electron chi connectivity index (χ4n) is 1.99. The molecule has 1 N–H and O–H groups in total. The number of carboxylic acid groups (broad SMARTS) is 1. The van der Waals surface area contributed by atoms with Crippen molar-refractivity contribution in [2.45, 2.75) is 38.4 Å². The molecule has 2 rings (SSSR count). The average molecular weight is 309 g/mol. The Hall–Kier alpha value is -1.83. The number of carboxylic acids is 1. The Kier molecular flexibility index (Phi) is 5.00. The molecule has 2 aromatic rings. The van der Waals surface area contributed by atoms with E-state index < -0.39 is 5.97 Å². The van der Waals surface area contributed by atoms with Crippen LogP contribution in [0.1, 0.15) is 30.4 Å². The van der Waals surface area contributed by atoms with Gasteiger partial charge in [0.05, 0.1) is 18.5 Å². The highest BCUT2D eigenvalue weighted by atomic mass is 32.2. The molecule has 0 saturated carbocycles. The SMILES string of the molecule is CCCc1nnc(SCC(=O)O)n1Cc1cnn(C)c1C. The van der Waals surface area contributed by atoms with Gasteiger partial charge in [-0.3, -0.25) is 9.48 Å². The molecule has 0 amide bonds. The second-order valence-electron chi connectivity index (χ2n) is 4.80. The summed E-state index contributed by atoms with van der Waals surface area (Å²) in [7, 11) is 1.90. The van der Waals surface area contributed by atoms with Crippen molar-refractivity contribution in [1.82, 2.24) is 24.5 Å². The largest absolute Gasteiger partial charge is 0.481 e. The lowest BCUT2D eigenvalue weighted by atomic mass is 10.2. The summed E-state index contributed by atoms with van der Waals surface area (Å²) in [6.45, 7) is 4.71. The Labute approximate surface area is 127 Å². The van der Waals surface area contributed by atoms with Crippen LogP contribution in [-0.4, -0.2) is 41.4 Å². The Morgan fingerprint density at radius 1 is 1.43 bits per heavy atom. The summed E-state index contributed by atoms with van der Waals surface area (Å²) in [5.41, 5.74) is 2.17. The number of aromatic nitrogens is 5. The molecular formula is C13H19N5O2S. The number of aliphatic carboxylic acids is 1. The number of carbonyl (C=O) groups is 1. The van der Waals surface area contributed by atoms with Crippen molar-refractivity contribution in [2.24, 2.45) is 7.05 Å². The van der Waals surface area contributed by atoms with Crippen LogP contribution >= 0.6 is 11.8 Å². The van der Waals surface area contributed by atoms with E-state index in [9.17, 15) is 4.79 Å². The average Bonchev–Trinajstić information content (AvgIpc) is 2.96. The number of nitrogens with zero attached hydrogens (tertiary/aromatic N) is 5. The van der Waals surface area contributed by atoms with Crippen molar-refractivity contribution in [1.29, 1.82) is 0 Å². The summed E-state index contributed by atoms with van der Waals surface area (Å²) in [6.07, 6.45) is 3.62. The van der Waals surface area contributed by atoms with Crippen LogP contribution in [0.25, 0.3) is 0 Å². The zero-order valence-corrected chi connectivity index (χ0v) is 13.2. The summed E-state index contributed by atoms with van der Waals surface area (Å²) in [4.78, 5) is 10.7. The van der Waals surface area contributed by atoms with E-state index in [1.807, 2.05) is 29.4 Å². The lowest BCUT2D eigenvalue weighted by Crippen LogP contribution is -2.09. The summed E-state index contributed by atoms with van der Waals surface area (Å²) in [5, 5.41) is 22.0. The Balaban J connectivity index is 2.27. The third-order valence-electron chi connectivity index (χ3n) is 3.26. The second-order valence-corrected chi connectivity index (χ2v) is 5.74. The molecule has 0 radical (unpaired) electrons. The van der Waals surface area contributed by atoms with E-state index in [2.05, 4.69) is 22.2 Å². The minimum atomic E-state index is -0.857. The summed E-state index contributed by atoms with van der Waals surface area (Å²) in [6, 6.07) is 0. The molecule has 0 bridgehead atoms. The van der Waals surface area contributed by atoms with Gasteiger partial charge in [0.1, 0.15) is 5.82 Å². The first-order valence-corrected chi connectivity index (χ1v) is 7.75. The molecule has 0 atom stereocenters. The van der Waals surface area contributed by atoms with Crippen molar-refractivity contribution in [3.05, 3.63) is 23.3 Å². The molecule has 114 valence electrons. The van der Waals surface area contributed by atoms with Crippen molar-refractivity contribution in [2.75, 3.05) is 5.75 Å². The number of thioether (sulfide) groups is 1. The normalized spacial score (nSPS) is 11.0. The molecule has 0 spiro atoms. The number of hydrogen-bond donors (Lipinski definition) is 1. The molecule has 2 heterocycles. The molecule has 7 nitrogen and oxygen atoms in total. The molecule has 0 saturated heterocycles. The van der Waals surface area contributed by atoms with Crippen LogP contribution < -0.4 is 0 Å². The summed E-state index contributed by atoms with van der Waals surface area (Å²) < 4.78 is 3.81. The molecule has 0 fully saturated rings. The molecule has 0 aliphatic heterocycles. The maximum Gasteiger partial charge on any atom is 0.313 e. The van der Waals surface area contributed by atoms with E-state index in [0.29, 0.717) is 11.7 Å². The lowest BCUT2D eigenvalue weighted by Gasteiger charge is -2.09. The second kappa shape index (κ2) is 6.75. The van der Waals surface area contributed by atoms with Crippen LogP contribution in [0.2, 0.25) is 0 Å². The minimum Gasteiger partial charge on any atom is -0.481 e. The van der Waals surface area contributed by atoms with Gasteiger partial charge in [-0.2, -0.15) is 5.10 Å². The predicted molar refractivity (Wildman–Crippen MR) is 79.4 cm³/mol. The molecular weight excluding hydrogens is 290 g/mol. The smallest absolute Gasteiger partial charge is 0.313 e. The molecule has 8 heteroatoms. The molecule has 0 aromatic carbocycles. The Bertz CT molecular complexity index is 635. The van der Waals surface area contributed by atoms with Crippen molar-refractivity contribution < 1.29 is 9.90 Å². The number of rotatable bonds is 7. The maximum absolute atomic E-state index is 10.7. The number of aryl methyl sites for hydroxylation is 2. The Morgan fingerprint density at radius 2 is 2.19 bits per heavy atom. The van der Waals surface area contributed by atoms with E-state index in [1.54, 1.807) is 0 Å². The van der Waals surface area contributed by atoms with Crippen molar-refractivity contribution >= 4 is 17.7 Å². The zero-order valence-electron chi connectivity index (χ0n) is 12.4. The van der Waals surface area contributed by atoms with E-state index in [0.717, 1.165) is 29.9 Å². The van der Waals surface area contributed by atoms with Gasteiger partial charge in [-0.15, -0.1) is 10.2 Å². The third kappa shape index (κ3) is 3.63. The maximum atomic E-state index is 10.7. The quantitative estimate of drug-likeness (QED) is 0.780.